The Balaban J connectivity index is 0.000000123. The number of nitrogens with zero attached hydrogens (tertiary/aromatic N) is 3. The zero-order chi connectivity index (χ0) is 77.5. The van der Waals surface area contributed by atoms with E-state index in [1.807, 2.05) is 54.6 Å². The number of carbonyl (C=O) groups is 3. The summed E-state index contributed by atoms with van der Waals surface area (Å²) < 4.78 is 16.3. The molecule has 6 aliphatic carbocycles. The van der Waals surface area contributed by atoms with Crippen molar-refractivity contribution in [3.63, 3.8) is 0 Å². The fraction of sp³-hybridized carbons (Fsp3) is 0.436. The van der Waals surface area contributed by atoms with Crippen LogP contribution in [0.1, 0.15) is 180 Å². The molecule has 586 valence electrons. The third-order valence-corrected chi connectivity index (χ3v) is 28.9. The van der Waals surface area contributed by atoms with Gasteiger partial charge in [-0.25, -0.2) is 0 Å². The van der Waals surface area contributed by atoms with Gasteiger partial charge in [-0.1, -0.05) is 181 Å². The van der Waals surface area contributed by atoms with Gasteiger partial charge < -0.3 is 30.2 Å². The molecule has 9 aromatic carbocycles. The summed E-state index contributed by atoms with van der Waals surface area (Å²) in [5, 5.41) is 9.50. The summed E-state index contributed by atoms with van der Waals surface area (Å²) in [6, 6.07) is 71.7. The Bertz CT molecular complexity index is 4910. The Morgan fingerprint density at radius 3 is 1.12 bits per heavy atom. The van der Waals surface area contributed by atoms with E-state index in [-0.39, 0.29) is 40.8 Å². The average molecular weight is 1510 g/mol. The van der Waals surface area contributed by atoms with E-state index in [2.05, 4.69) is 218 Å². The van der Waals surface area contributed by atoms with Crippen LogP contribution in [0.25, 0.3) is 33.4 Å². The standard InChI is InChI=1S/C34H38N2O3.C34H40N2O2.C33H38N2O/c1-22-30-18-27-9-10-28(17-29(27)34(22,2)14-16-36(30)20-24-3-4-24)33(37)35-15-13-23-5-7-25(8-6-23)26-11-12-31-32(19-26)39-21-38-31;1-23-32-21-28-13-14-29(20-31(28)34(23,2)16-18-36(32)22-25-7-8-25)33(37)35-17-15-24-9-11-26(12-10-24)27-5-4-6-30(19-27)38-3;1-23-31-21-28-14-15-29(20-30(28)33(23,2)17-19-35(31)22-25-8-9-25)32(36)34-18-16-24-10-12-27(13-11-24)26-6-4-3-5-7-26/h5-12,17,19,22,24,30H,3-4,13-16,18,20-21H2,1-2H3,(H,35,37);4-6,9-14,19-20,23,25,32H,7-8,15-18,21-22H2,1-3H3,(H,35,37);3-7,10-15,20,23,25,31H,8-9,16-19,21-22H2,1-2H3,(H,34,36)/t22-,30+,34+;23-,32+,34+;23-,31+,33+/m000/s1. The predicted octanol–water partition coefficient (Wildman–Crippen LogP) is 18.5. The molecule has 4 heterocycles. The van der Waals surface area contributed by atoms with Crippen LogP contribution in [0.2, 0.25) is 0 Å². The first-order valence-electron chi connectivity index (χ1n) is 42.8. The molecule has 19 rings (SSSR count). The Hall–Kier alpha value is -9.33. The highest BCUT2D eigenvalue weighted by Gasteiger charge is 2.52. The molecule has 3 amide bonds. The van der Waals surface area contributed by atoms with Crippen molar-refractivity contribution in [1.29, 1.82) is 0 Å². The van der Waals surface area contributed by atoms with Crippen molar-refractivity contribution in [2.75, 3.05) is 72.8 Å². The molecule has 9 atom stereocenters. The summed E-state index contributed by atoms with van der Waals surface area (Å²) in [7, 11) is 1.69. The van der Waals surface area contributed by atoms with Crippen LogP contribution in [-0.2, 0) is 54.8 Å². The van der Waals surface area contributed by atoms with Crippen LogP contribution >= 0.6 is 0 Å². The first kappa shape index (κ1) is 76.3. The smallest absolute Gasteiger partial charge is 0.251 e. The third kappa shape index (κ3) is 16.4. The molecule has 3 saturated heterocycles. The molecule has 10 aliphatic rings. The SMILES string of the molecule is COc1cccc(-c2ccc(CCNC(=O)c3ccc4c(c3)[C@]3(C)CCN(CC5CC5)[C@H](C4)[C@@H]3C)cc2)c1.C[C@H]1[C@H]2Cc3ccc(C(=O)NCCc4ccc(-c5ccc6c(c5)OCO6)cc4)cc3[C@]1(C)CCN2CC1CC1.C[C@H]1[C@H]2Cc3ccc(C(=O)NCCc4ccc(-c5ccccc5)cc4)cc3[C@]1(C)CCN2CC1CC1. The number of ether oxygens (including phenoxy) is 3. The molecular formula is C101H116N6O6. The molecule has 12 heteroatoms. The largest absolute Gasteiger partial charge is 0.497 e. The third-order valence-electron chi connectivity index (χ3n) is 28.9. The molecule has 0 aromatic heterocycles. The van der Waals surface area contributed by atoms with Gasteiger partial charge in [-0.05, 0) is 312 Å². The lowest BCUT2D eigenvalue weighted by molar-refractivity contribution is 0.0283. The Morgan fingerprint density at radius 1 is 0.389 bits per heavy atom. The van der Waals surface area contributed by atoms with Crippen LogP contribution in [0.4, 0.5) is 0 Å². The van der Waals surface area contributed by atoms with Crippen molar-refractivity contribution < 1.29 is 28.6 Å². The first-order valence-corrected chi connectivity index (χ1v) is 42.8. The number of methoxy groups -OCH3 is 1. The zero-order valence-electron chi connectivity index (χ0n) is 67.7. The van der Waals surface area contributed by atoms with E-state index in [4.69, 9.17) is 14.2 Å². The lowest BCUT2D eigenvalue weighted by Crippen LogP contribution is -2.58. The van der Waals surface area contributed by atoms with Gasteiger partial charge in [-0.15, -0.1) is 0 Å². The van der Waals surface area contributed by atoms with E-state index < -0.39 is 0 Å². The highest BCUT2D eigenvalue weighted by Crippen LogP contribution is 2.53. The quantitative estimate of drug-likeness (QED) is 0.0608. The van der Waals surface area contributed by atoms with Crippen molar-refractivity contribution in [3.8, 4) is 50.6 Å². The normalized spacial score (nSPS) is 25.0. The molecule has 12 nitrogen and oxygen atoms in total. The molecule has 6 fully saturated rings. The first-order chi connectivity index (χ1) is 54.9. The zero-order valence-corrected chi connectivity index (χ0v) is 67.7. The van der Waals surface area contributed by atoms with Crippen LogP contribution in [0, 0.1) is 35.5 Å². The molecule has 0 unspecified atom stereocenters. The van der Waals surface area contributed by atoms with E-state index in [1.54, 1.807) is 7.11 Å². The lowest BCUT2D eigenvalue weighted by atomic mass is 9.59. The maximum absolute atomic E-state index is 13.2. The van der Waals surface area contributed by atoms with Gasteiger partial charge in [-0.2, -0.15) is 0 Å². The van der Waals surface area contributed by atoms with Crippen molar-refractivity contribution in [2.45, 2.75) is 172 Å². The highest BCUT2D eigenvalue weighted by atomic mass is 16.7. The minimum atomic E-state index is 0.0272. The topological polar surface area (TPSA) is 125 Å². The molecule has 113 heavy (non-hydrogen) atoms. The summed E-state index contributed by atoms with van der Waals surface area (Å²) in [6.45, 7) is 24.2. The highest BCUT2D eigenvalue weighted by molar-refractivity contribution is 5.96. The fourth-order valence-electron chi connectivity index (χ4n) is 20.5. The molecule has 4 aliphatic heterocycles. The number of fused-ring (bicyclic) bond motifs is 13. The lowest BCUT2D eigenvalue weighted by Gasteiger charge is -2.55. The van der Waals surface area contributed by atoms with Gasteiger partial charge in [0.1, 0.15) is 5.75 Å². The molecule has 6 bridgehead atoms. The minimum absolute atomic E-state index is 0.0272. The van der Waals surface area contributed by atoms with Crippen molar-refractivity contribution in [2.24, 2.45) is 35.5 Å². The van der Waals surface area contributed by atoms with E-state index in [0.29, 0.717) is 55.5 Å². The predicted molar refractivity (Wildman–Crippen MR) is 455 cm³/mol. The van der Waals surface area contributed by atoms with E-state index >= 15 is 0 Å². The van der Waals surface area contributed by atoms with Crippen LogP contribution in [0.5, 0.6) is 17.2 Å². The van der Waals surface area contributed by atoms with Crippen LogP contribution < -0.4 is 30.2 Å². The van der Waals surface area contributed by atoms with Gasteiger partial charge in [0.25, 0.3) is 17.7 Å². The van der Waals surface area contributed by atoms with Gasteiger partial charge in [0.2, 0.25) is 6.79 Å². The number of carbonyl (C=O) groups excluding carboxylic acids is 3. The van der Waals surface area contributed by atoms with Crippen molar-refractivity contribution in [3.05, 3.63) is 267 Å². The summed E-state index contributed by atoms with van der Waals surface area (Å²) in [6.07, 6.45) is 17.8. The summed E-state index contributed by atoms with van der Waals surface area (Å²) in [5.41, 5.74) is 22.1. The van der Waals surface area contributed by atoms with Gasteiger partial charge in [0.15, 0.2) is 11.5 Å². The van der Waals surface area contributed by atoms with Crippen LogP contribution in [0.15, 0.2) is 200 Å². The van der Waals surface area contributed by atoms with Gasteiger partial charge in [-0.3, -0.25) is 29.1 Å². The number of benzene rings is 9. The number of piperidine rings is 3. The number of amides is 3. The second kappa shape index (κ2) is 32.5. The number of nitrogens with one attached hydrogen (secondary N) is 3. The molecule has 9 aromatic rings. The van der Waals surface area contributed by atoms with Gasteiger partial charge in [0.05, 0.1) is 7.11 Å². The van der Waals surface area contributed by atoms with E-state index in [0.717, 1.165) is 112 Å². The van der Waals surface area contributed by atoms with Gasteiger partial charge in [0, 0.05) is 74.1 Å². The van der Waals surface area contributed by atoms with E-state index in [1.165, 1.54) is 158 Å². The molecule has 3 saturated carbocycles. The molecule has 0 radical (unpaired) electrons. The number of likely N-dealkylation sites (tertiary alicyclic amines) is 3. The summed E-state index contributed by atoms with van der Waals surface area (Å²) in [5.74, 6) is 7.21. The van der Waals surface area contributed by atoms with Crippen LogP contribution in [-0.4, -0.2) is 123 Å². The Kier molecular flexibility index (Phi) is 22.0. The molecule has 3 N–H and O–H groups in total. The number of hydrogen-bond donors (Lipinski definition) is 3. The van der Waals surface area contributed by atoms with Crippen molar-refractivity contribution >= 4 is 17.7 Å². The fourth-order valence-corrected chi connectivity index (χ4v) is 20.5. The number of hydrogen-bond acceptors (Lipinski definition) is 9. The Morgan fingerprint density at radius 2 is 0.735 bits per heavy atom. The summed E-state index contributed by atoms with van der Waals surface area (Å²) in [4.78, 5) is 47.7. The molecular weight excluding hydrogens is 1390 g/mol. The average Bonchev–Trinajstić information content (AvgIpc) is 1.62. The monoisotopic (exact) mass is 1510 g/mol. The molecule has 0 spiro atoms. The second-order valence-electron chi connectivity index (χ2n) is 35.9. The van der Waals surface area contributed by atoms with E-state index in [9.17, 15) is 14.4 Å². The second-order valence-corrected chi connectivity index (χ2v) is 35.9. The maximum atomic E-state index is 13.2. The van der Waals surface area contributed by atoms with Crippen molar-refractivity contribution in [1.82, 2.24) is 30.7 Å². The van der Waals surface area contributed by atoms with Gasteiger partial charge >= 0.3 is 0 Å². The minimum Gasteiger partial charge on any atom is -0.497 e. The van der Waals surface area contributed by atoms with Crippen LogP contribution in [0.3, 0.4) is 0 Å². The summed E-state index contributed by atoms with van der Waals surface area (Å²) >= 11 is 0. The Labute approximate surface area is 671 Å². The maximum Gasteiger partial charge on any atom is 0.251 e. The number of rotatable bonds is 22.